The van der Waals surface area contributed by atoms with Gasteiger partial charge in [0, 0.05) is 11.1 Å². The molecule has 1 aromatic carbocycles. The van der Waals surface area contributed by atoms with E-state index in [9.17, 15) is 0 Å². The van der Waals surface area contributed by atoms with E-state index >= 15 is 0 Å². The molecule has 0 heterocycles. The maximum absolute atomic E-state index is 8.66. The van der Waals surface area contributed by atoms with Crippen LogP contribution in [0.3, 0.4) is 0 Å². The van der Waals surface area contributed by atoms with Crippen molar-refractivity contribution in [2.24, 2.45) is 0 Å². The van der Waals surface area contributed by atoms with Gasteiger partial charge in [0.25, 0.3) is 0 Å². The molecule has 0 radical (unpaired) electrons. The van der Waals surface area contributed by atoms with Crippen LogP contribution in [0.2, 0.25) is 0 Å². The molecule has 0 aliphatic heterocycles. The molecule has 0 aliphatic carbocycles. The fourth-order valence-corrected chi connectivity index (χ4v) is 0.852. The summed E-state index contributed by atoms with van der Waals surface area (Å²) in [5.41, 5.74) is 1.70. The molecular weight excluding hydrogens is 146 g/mol. The smallest absolute Gasteiger partial charge is 0.100 e. The number of terminal acetylenes is 2. The van der Waals surface area contributed by atoms with Crippen LogP contribution in [0.5, 0.6) is 0 Å². The zero-order valence-electron chi connectivity index (χ0n) is 6.33. The molecule has 0 unspecified atom stereocenters. The predicted molar refractivity (Wildman–Crippen MR) is 47.0 cm³/mol. The van der Waals surface area contributed by atoms with Crippen LogP contribution in [0.1, 0.15) is 16.7 Å². The van der Waals surface area contributed by atoms with Gasteiger partial charge in [-0.2, -0.15) is 5.26 Å². The summed E-state index contributed by atoms with van der Waals surface area (Å²) >= 11 is 0. The Balaban J connectivity index is 3.37. The van der Waals surface area contributed by atoms with E-state index in [4.69, 9.17) is 18.1 Å². The largest absolute Gasteiger partial charge is 0.192 e. The van der Waals surface area contributed by atoms with Crippen LogP contribution in [-0.4, -0.2) is 0 Å². The van der Waals surface area contributed by atoms with Crippen LogP contribution in [0.15, 0.2) is 18.2 Å². The molecule has 0 N–H and O–H groups in total. The van der Waals surface area contributed by atoms with Crippen molar-refractivity contribution >= 4 is 0 Å². The third kappa shape index (κ3) is 1.29. The van der Waals surface area contributed by atoms with E-state index in [0.29, 0.717) is 16.7 Å². The van der Waals surface area contributed by atoms with E-state index in [2.05, 4.69) is 11.8 Å². The molecule has 0 spiro atoms. The maximum atomic E-state index is 8.66. The van der Waals surface area contributed by atoms with Crippen LogP contribution in [0, 0.1) is 36.0 Å². The first-order chi connectivity index (χ1) is 5.81. The maximum Gasteiger partial charge on any atom is 0.100 e. The first-order valence-corrected chi connectivity index (χ1v) is 3.29. The third-order valence-electron chi connectivity index (χ3n) is 1.46. The summed E-state index contributed by atoms with van der Waals surface area (Å²) in [5.74, 6) is 4.84. The van der Waals surface area contributed by atoms with Crippen LogP contribution < -0.4 is 0 Å². The number of nitrogens with zero attached hydrogens (tertiary/aromatic N) is 1. The molecular formula is C11H5N. The molecule has 0 saturated heterocycles. The molecule has 0 aliphatic rings. The number of rotatable bonds is 0. The van der Waals surface area contributed by atoms with Gasteiger partial charge in [-0.15, -0.1) is 12.8 Å². The Bertz CT molecular complexity index is 422. The second-order valence-corrected chi connectivity index (χ2v) is 2.16. The van der Waals surface area contributed by atoms with Gasteiger partial charge >= 0.3 is 0 Å². The average Bonchev–Trinajstić information content (AvgIpc) is 2.16. The molecule has 1 rings (SSSR count). The molecule has 0 atom stereocenters. The molecule has 1 heteroatoms. The molecule has 0 aromatic heterocycles. The van der Waals surface area contributed by atoms with Gasteiger partial charge in [0.05, 0.1) is 5.56 Å². The SMILES string of the molecule is C#Cc1ccc(C#C)c(C#N)c1. The summed E-state index contributed by atoms with van der Waals surface area (Å²) in [6.45, 7) is 0. The van der Waals surface area contributed by atoms with E-state index in [1.165, 1.54) is 0 Å². The lowest BCUT2D eigenvalue weighted by atomic mass is 10.1. The van der Waals surface area contributed by atoms with Crippen molar-refractivity contribution in [3.05, 3.63) is 34.9 Å². The lowest BCUT2D eigenvalue weighted by Crippen LogP contribution is -1.84. The quantitative estimate of drug-likeness (QED) is 0.516. The Morgan fingerprint density at radius 2 is 1.83 bits per heavy atom. The summed E-state index contributed by atoms with van der Waals surface area (Å²) in [6.07, 6.45) is 10.3. The van der Waals surface area contributed by atoms with Crippen molar-refractivity contribution in [1.29, 1.82) is 5.26 Å². The molecule has 1 aromatic rings. The zero-order valence-corrected chi connectivity index (χ0v) is 6.33. The van der Waals surface area contributed by atoms with E-state index in [0.717, 1.165) is 0 Å². The number of benzene rings is 1. The number of hydrogen-bond donors (Lipinski definition) is 0. The molecule has 12 heavy (non-hydrogen) atoms. The Labute approximate surface area is 71.6 Å². The van der Waals surface area contributed by atoms with Crippen molar-refractivity contribution in [1.82, 2.24) is 0 Å². The minimum Gasteiger partial charge on any atom is -0.192 e. The van der Waals surface area contributed by atoms with Gasteiger partial charge in [-0.3, -0.25) is 0 Å². The van der Waals surface area contributed by atoms with Gasteiger partial charge in [-0.1, -0.05) is 11.8 Å². The predicted octanol–water partition coefficient (Wildman–Crippen LogP) is 1.52. The van der Waals surface area contributed by atoms with Crippen LogP contribution in [0.25, 0.3) is 0 Å². The van der Waals surface area contributed by atoms with Gasteiger partial charge in [0.15, 0.2) is 0 Å². The monoisotopic (exact) mass is 151 g/mol. The topological polar surface area (TPSA) is 23.8 Å². The lowest BCUT2D eigenvalue weighted by Gasteiger charge is -1.95. The Morgan fingerprint density at radius 1 is 1.08 bits per heavy atom. The van der Waals surface area contributed by atoms with Crippen molar-refractivity contribution < 1.29 is 0 Å². The van der Waals surface area contributed by atoms with Gasteiger partial charge < -0.3 is 0 Å². The van der Waals surface area contributed by atoms with E-state index in [-0.39, 0.29) is 0 Å². The number of nitriles is 1. The van der Waals surface area contributed by atoms with Gasteiger partial charge in [-0.05, 0) is 18.2 Å². The highest BCUT2D eigenvalue weighted by molar-refractivity contribution is 5.51. The molecule has 1 nitrogen and oxygen atoms in total. The lowest BCUT2D eigenvalue weighted by molar-refractivity contribution is 1.46. The fraction of sp³-hybridized carbons (Fsp3) is 0. The highest BCUT2D eigenvalue weighted by Gasteiger charge is 1.98. The first kappa shape index (κ1) is 7.93. The zero-order chi connectivity index (χ0) is 8.97. The summed E-state index contributed by atoms with van der Waals surface area (Å²) in [5, 5.41) is 8.66. The van der Waals surface area contributed by atoms with Crippen LogP contribution in [-0.2, 0) is 0 Å². The second kappa shape index (κ2) is 3.29. The molecule has 0 amide bonds. The Kier molecular flexibility index (Phi) is 2.17. The summed E-state index contributed by atoms with van der Waals surface area (Å²) < 4.78 is 0. The van der Waals surface area contributed by atoms with E-state index in [1.54, 1.807) is 18.2 Å². The van der Waals surface area contributed by atoms with Crippen molar-refractivity contribution in [2.75, 3.05) is 0 Å². The van der Waals surface area contributed by atoms with Crippen LogP contribution in [0.4, 0.5) is 0 Å². The molecule has 0 bridgehead atoms. The van der Waals surface area contributed by atoms with E-state index < -0.39 is 0 Å². The molecule has 0 fully saturated rings. The summed E-state index contributed by atoms with van der Waals surface area (Å²) in [6, 6.07) is 6.98. The highest BCUT2D eigenvalue weighted by Crippen LogP contribution is 2.08. The van der Waals surface area contributed by atoms with Crippen molar-refractivity contribution in [2.45, 2.75) is 0 Å². The average molecular weight is 151 g/mol. The highest BCUT2D eigenvalue weighted by atomic mass is 14.2. The standard InChI is InChI=1S/C11H5N/c1-3-9-5-6-10(4-2)11(7-9)8-12/h1-2,5-7H. The van der Waals surface area contributed by atoms with Gasteiger partial charge in [-0.25, -0.2) is 0 Å². The fourth-order valence-electron chi connectivity index (χ4n) is 0.852. The van der Waals surface area contributed by atoms with Crippen molar-refractivity contribution in [3.8, 4) is 30.8 Å². The second-order valence-electron chi connectivity index (χ2n) is 2.16. The summed E-state index contributed by atoms with van der Waals surface area (Å²) in [7, 11) is 0. The van der Waals surface area contributed by atoms with Crippen LogP contribution >= 0.6 is 0 Å². The minimum atomic E-state index is 0.452. The minimum absolute atomic E-state index is 0.452. The Morgan fingerprint density at radius 3 is 2.33 bits per heavy atom. The number of hydrogen-bond acceptors (Lipinski definition) is 1. The van der Waals surface area contributed by atoms with Gasteiger partial charge in [0.2, 0.25) is 0 Å². The Hall–Kier alpha value is -2.17. The van der Waals surface area contributed by atoms with E-state index in [1.807, 2.05) is 6.07 Å². The van der Waals surface area contributed by atoms with Gasteiger partial charge in [0.1, 0.15) is 6.07 Å². The van der Waals surface area contributed by atoms with Crippen molar-refractivity contribution in [3.63, 3.8) is 0 Å². The summed E-state index contributed by atoms with van der Waals surface area (Å²) in [4.78, 5) is 0. The molecule has 0 saturated carbocycles. The molecule has 54 valence electrons. The normalized spacial score (nSPS) is 7.75. The first-order valence-electron chi connectivity index (χ1n) is 3.29. The third-order valence-corrected chi connectivity index (χ3v) is 1.46.